The summed E-state index contributed by atoms with van der Waals surface area (Å²) >= 11 is 0. The van der Waals surface area contributed by atoms with Crippen LogP contribution in [-0.4, -0.2) is 12.1 Å². The van der Waals surface area contributed by atoms with E-state index in [4.69, 9.17) is 10.2 Å². The predicted octanol–water partition coefficient (Wildman–Crippen LogP) is 3.20. The molecule has 0 aliphatic rings. The van der Waals surface area contributed by atoms with Gasteiger partial charge in [-0.15, -0.1) is 0 Å². The molecule has 0 bridgehead atoms. The van der Waals surface area contributed by atoms with E-state index in [-0.39, 0.29) is 0 Å². The number of hydrogen-bond acceptors (Lipinski definition) is 3. The highest BCUT2D eigenvalue weighted by Crippen LogP contribution is 2.16. The molecule has 2 rings (SSSR count). The third kappa shape index (κ3) is 4.35. The van der Waals surface area contributed by atoms with Crippen molar-refractivity contribution in [3.05, 3.63) is 48.4 Å². The van der Waals surface area contributed by atoms with Crippen molar-refractivity contribution in [3.63, 3.8) is 0 Å². The van der Waals surface area contributed by atoms with Crippen LogP contribution in [0.1, 0.15) is 19.1 Å². The molecule has 0 spiro atoms. The summed E-state index contributed by atoms with van der Waals surface area (Å²) < 4.78 is 5.31. The average molecular weight is 273 g/mol. The third-order valence-corrected chi connectivity index (χ3v) is 2.97. The first kappa shape index (κ1) is 14.0. The number of anilines is 2. The van der Waals surface area contributed by atoms with Crippen molar-refractivity contribution in [2.45, 2.75) is 25.8 Å². The van der Waals surface area contributed by atoms with E-state index in [9.17, 15) is 4.79 Å². The first-order valence-corrected chi connectivity index (χ1v) is 6.59. The molecule has 5 heteroatoms. The standard InChI is InChI=1S/C15H19N3O2/c1-11(4-9-14-3-2-10-20-14)17-12-5-7-13(8-6-12)18-15(16)19/h2-3,5-8,10-11,17H,4,9H2,1H3,(H3,16,18,19). The molecular weight excluding hydrogens is 254 g/mol. The molecule has 0 aliphatic carbocycles. The van der Waals surface area contributed by atoms with Gasteiger partial charge in [-0.25, -0.2) is 4.79 Å². The number of rotatable bonds is 6. The number of carbonyl (C=O) groups excluding carboxylic acids is 1. The van der Waals surface area contributed by atoms with Crippen LogP contribution in [0.25, 0.3) is 0 Å². The quantitative estimate of drug-likeness (QED) is 0.756. The minimum absolute atomic E-state index is 0.329. The van der Waals surface area contributed by atoms with Gasteiger partial charge in [0.2, 0.25) is 0 Å². The van der Waals surface area contributed by atoms with E-state index in [1.165, 1.54) is 0 Å². The Morgan fingerprint density at radius 1 is 1.25 bits per heavy atom. The number of amides is 2. The Morgan fingerprint density at radius 2 is 1.95 bits per heavy atom. The van der Waals surface area contributed by atoms with Crippen LogP contribution in [0.15, 0.2) is 47.1 Å². The van der Waals surface area contributed by atoms with E-state index in [0.717, 1.165) is 24.3 Å². The molecule has 106 valence electrons. The van der Waals surface area contributed by atoms with Gasteiger partial charge in [0.25, 0.3) is 0 Å². The zero-order valence-electron chi connectivity index (χ0n) is 11.4. The summed E-state index contributed by atoms with van der Waals surface area (Å²) in [5.41, 5.74) is 6.75. The number of primary amides is 1. The molecule has 20 heavy (non-hydrogen) atoms. The van der Waals surface area contributed by atoms with Gasteiger partial charge < -0.3 is 20.8 Å². The zero-order chi connectivity index (χ0) is 14.4. The van der Waals surface area contributed by atoms with Crippen molar-refractivity contribution >= 4 is 17.4 Å². The van der Waals surface area contributed by atoms with Gasteiger partial charge in [-0.3, -0.25) is 0 Å². The molecule has 1 heterocycles. The molecule has 0 fully saturated rings. The van der Waals surface area contributed by atoms with Crippen LogP contribution >= 0.6 is 0 Å². The Bertz CT molecular complexity index is 535. The van der Waals surface area contributed by atoms with Gasteiger partial charge in [0.1, 0.15) is 5.76 Å². The largest absolute Gasteiger partial charge is 0.469 e. The zero-order valence-corrected chi connectivity index (χ0v) is 11.4. The molecular formula is C15H19N3O2. The Balaban J connectivity index is 1.81. The van der Waals surface area contributed by atoms with Gasteiger partial charge >= 0.3 is 6.03 Å². The fraction of sp³-hybridized carbons (Fsp3) is 0.267. The maximum absolute atomic E-state index is 10.7. The topological polar surface area (TPSA) is 80.3 Å². The second kappa shape index (κ2) is 6.65. The molecule has 0 saturated carbocycles. The number of carbonyl (C=O) groups is 1. The van der Waals surface area contributed by atoms with Crippen LogP contribution in [-0.2, 0) is 6.42 Å². The first-order chi connectivity index (χ1) is 9.63. The maximum Gasteiger partial charge on any atom is 0.316 e. The van der Waals surface area contributed by atoms with Crippen LogP contribution in [0, 0.1) is 0 Å². The lowest BCUT2D eigenvalue weighted by atomic mass is 10.1. The number of furan rings is 1. The maximum atomic E-state index is 10.7. The number of hydrogen-bond donors (Lipinski definition) is 3. The number of benzene rings is 1. The van der Waals surface area contributed by atoms with Gasteiger partial charge in [0, 0.05) is 23.8 Å². The summed E-state index contributed by atoms with van der Waals surface area (Å²) in [4.78, 5) is 10.7. The van der Waals surface area contributed by atoms with Crippen LogP contribution in [0.3, 0.4) is 0 Å². The third-order valence-electron chi connectivity index (χ3n) is 2.97. The summed E-state index contributed by atoms with van der Waals surface area (Å²) in [6.45, 7) is 2.12. The molecule has 1 unspecified atom stereocenters. The van der Waals surface area contributed by atoms with E-state index < -0.39 is 6.03 Å². The number of nitrogens with two attached hydrogens (primary N) is 1. The Hall–Kier alpha value is -2.43. The van der Waals surface area contributed by atoms with Crippen molar-refractivity contribution in [2.24, 2.45) is 5.73 Å². The van der Waals surface area contributed by atoms with Crippen LogP contribution in [0.2, 0.25) is 0 Å². The van der Waals surface area contributed by atoms with E-state index in [2.05, 4.69) is 17.6 Å². The molecule has 0 aliphatic heterocycles. The molecule has 4 N–H and O–H groups in total. The minimum atomic E-state index is -0.558. The SMILES string of the molecule is CC(CCc1ccco1)Nc1ccc(NC(N)=O)cc1. The van der Waals surface area contributed by atoms with Crippen molar-refractivity contribution < 1.29 is 9.21 Å². The highest BCUT2D eigenvalue weighted by atomic mass is 16.3. The number of nitrogens with one attached hydrogen (secondary N) is 2. The Kier molecular flexibility index (Phi) is 4.65. The fourth-order valence-electron chi connectivity index (χ4n) is 1.96. The lowest BCUT2D eigenvalue weighted by Crippen LogP contribution is -2.19. The van der Waals surface area contributed by atoms with Gasteiger partial charge in [0.05, 0.1) is 6.26 Å². The summed E-state index contributed by atoms with van der Waals surface area (Å²) in [6.07, 6.45) is 3.58. The Morgan fingerprint density at radius 3 is 2.55 bits per heavy atom. The lowest BCUT2D eigenvalue weighted by Gasteiger charge is -2.15. The summed E-state index contributed by atoms with van der Waals surface area (Å²) in [5, 5.41) is 5.93. The van der Waals surface area contributed by atoms with Gasteiger partial charge in [-0.2, -0.15) is 0 Å². The Labute approximate surface area is 118 Å². The van der Waals surface area contributed by atoms with Crippen molar-refractivity contribution in [3.8, 4) is 0 Å². The second-order valence-corrected chi connectivity index (χ2v) is 4.73. The molecule has 1 aromatic carbocycles. The highest BCUT2D eigenvalue weighted by molar-refractivity contribution is 5.87. The van der Waals surface area contributed by atoms with E-state index in [1.54, 1.807) is 6.26 Å². The predicted molar refractivity (Wildman–Crippen MR) is 79.8 cm³/mol. The normalized spacial score (nSPS) is 11.8. The minimum Gasteiger partial charge on any atom is -0.469 e. The monoisotopic (exact) mass is 273 g/mol. The van der Waals surface area contributed by atoms with Gasteiger partial charge in [-0.05, 0) is 49.7 Å². The molecule has 5 nitrogen and oxygen atoms in total. The highest BCUT2D eigenvalue weighted by Gasteiger charge is 2.04. The van der Waals surface area contributed by atoms with E-state index >= 15 is 0 Å². The number of urea groups is 1. The fourth-order valence-corrected chi connectivity index (χ4v) is 1.96. The number of aryl methyl sites for hydroxylation is 1. The van der Waals surface area contributed by atoms with Gasteiger partial charge in [-0.1, -0.05) is 0 Å². The van der Waals surface area contributed by atoms with Crippen LogP contribution in [0.5, 0.6) is 0 Å². The van der Waals surface area contributed by atoms with Crippen LogP contribution in [0.4, 0.5) is 16.2 Å². The first-order valence-electron chi connectivity index (χ1n) is 6.59. The second-order valence-electron chi connectivity index (χ2n) is 4.73. The summed E-state index contributed by atoms with van der Waals surface area (Å²) in [7, 11) is 0. The lowest BCUT2D eigenvalue weighted by molar-refractivity contribution is 0.259. The molecule has 0 saturated heterocycles. The molecule has 2 amide bonds. The van der Waals surface area contributed by atoms with Crippen LogP contribution < -0.4 is 16.4 Å². The van der Waals surface area contributed by atoms with Crippen molar-refractivity contribution in [2.75, 3.05) is 10.6 Å². The summed E-state index contributed by atoms with van der Waals surface area (Å²) in [6, 6.07) is 11.1. The average Bonchev–Trinajstić information content (AvgIpc) is 2.91. The molecule has 2 aromatic rings. The van der Waals surface area contributed by atoms with Gasteiger partial charge in [0.15, 0.2) is 0 Å². The molecule has 0 radical (unpaired) electrons. The summed E-state index contributed by atoms with van der Waals surface area (Å²) in [5.74, 6) is 1.000. The molecule has 1 aromatic heterocycles. The van der Waals surface area contributed by atoms with Crippen molar-refractivity contribution in [1.29, 1.82) is 0 Å². The van der Waals surface area contributed by atoms with E-state index in [1.807, 2.05) is 36.4 Å². The smallest absolute Gasteiger partial charge is 0.316 e. The van der Waals surface area contributed by atoms with Crippen molar-refractivity contribution in [1.82, 2.24) is 0 Å². The molecule has 1 atom stereocenters. The van der Waals surface area contributed by atoms with E-state index in [0.29, 0.717) is 11.7 Å².